The van der Waals surface area contributed by atoms with Gasteiger partial charge in [-0.1, -0.05) is 37.2 Å². The van der Waals surface area contributed by atoms with Crippen LogP contribution in [-0.2, 0) is 16.8 Å². The van der Waals surface area contributed by atoms with Crippen LogP contribution in [0.25, 0.3) is 0 Å². The Morgan fingerprint density at radius 1 is 1.38 bits per heavy atom. The van der Waals surface area contributed by atoms with Gasteiger partial charge in [-0.15, -0.1) is 0 Å². The Labute approximate surface area is 141 Å². The number of rotatable bonds is 3. The van der Waals surface area contributed by atoms with E-state index >= 15 is 0 Å². The molecule has 1 amide bonds. The van der Waals surface area contributed by atoms with Crippen molar-refractivity contribution in [2.75, 3.05) is 18.4 Å². The molecule has 0 saturated carbocycles. The number of nitrogens with zero attached hydrogens (tertiary/aromatic N) is 3. The molecule has 3 heterocycles. The smallest absolute Gasteiger partial charge is 0.240 e. The van der Waals surface area contributed by atoms with Crippen molar-refractivity contribution in [3.63, 3.8) is 0 Å². The van der Waals surface area contributed by atoms with Crippen LogP contribution in [0.4, 0.5) is 5.69 Å². The topological polar surface area (TPSA) is 71.3 Å². The summed E-state index contributed by atoms with van der Waals surface area (Å²) in [6.07, 6.45) is 1.86. The number of carbonyl (C=O) groups is 1. The Morgan fingerprint density at radius 3 is 3.00 bits per heavy atom. The summed E-state index contributed by atoms with van der Waals surface area (Å²) in [4.78, 5) is 19.4. The number of fused-ring (bicyclic) bond motifs is 2. The average molecular weight is 326 g/mol. The lowest BCUT2D eigenvalue weighted by atomic mass is 9.75. The Morgan fingerprint density at radius 2 is 2.21 bits per heavy atom. The SMILES string of the molecule is CC(C)c1noc(CN2CCC[C@]3(C2)C(=O)Nc2ccccc23)n1. The van der Waals surface area contributed by atoms with Gasteiger partial charge in [-0.25, -0.2) is 0 Å². The molecule has 1 aromatic heterocycles. The molecule has 6 nitrogen and oxygen atoms in total. The van der Waals surface area contributed by atoms with E-state index in [1.54, 1.807) is 0 Å². The zero-order valence-electron chi connectivity index (χ0n) is 14.1. The number of piperidine rings is 1. The number of benzene rings is 1. The highest BCUT2D eigenvalue weighted by Gasteiger charge is 2.49. The zero-order chi connectivity index (χ0) is 16.7. The molecule has 1 spiro atoms. The summed E-state index contributed by atoms with van der Waals surface area (Å²) in [7, 11) is 0. The Balaban J connectivity index is 1.56. The van der Waals surface area contributed by atoms with Crippen molar-refractivity contribution in [1.29, 1.82) is 0 Å². The van der Waals surface area contributed by atoms with Gasteiger partial charge in [0.1, 0.15) is 0 Å². The van der Waals surface area contributed by atoms with Gasteiger partial charge in [-0.05, 0) is 31.0 Å². The maximum atomic E-state index is 12.7. The van der Waals surface area contributed by atoms with Crippen LogP contribution in [0.3, 0.4) is 0 Å². The molecule has 1 atom stereocenters. The van der Waals surface area contributed by atoms with Crippen molar-refractivity contribution in [3.05, 3.63) is 41.5 Å². The molecule has 126 valence electrons. The molecule has 2 aromatic rings. The number of anilines is 1. The first-order valence-electron chi connectivity index (χ1n) is 8.54. The lowest BCUT2D eigenvalue weighted by molar-refractivity contribution is -0.123. The van der Waals surface area contributed by atoms with Crippen molar-refractivity contribution in [1.82, 2.24) is 15.0 Å². The van der Waals surface area contributed by atoms with E-state index in [-0.39, 0.29) is 11.8 Å². The fraction of sp³-hybridized carbons (Fsp3) is 0.500. The van der Waals surface area contributed by atoms with Crippen molar-refractivity contribution in [3.8, 4) is 0 Å². The lowest BCUT2D eigenvalue weighted by Gasteiger charge is -2.38. The molecule has 1 aromatic carbocycles. The number of para-hydroxylation sites is 1. The molecule has 6 heteroatoms. The summed E-state index contributed by atoms with van der Waals surface area (Å²) in [5.74, 6) is 1.73. The highest BCUT2D eigenvalue weighted by molar-refractivity contribution is 6.06. The fourth-order valence-corrected chi connectivity index (χ4v) is 3.82. The Kier molecular flexibility index (Phi) is 3.64. The van der Waals surface area contributed by atoms with Gasteiger partial charge in [-0.3, -0.25) is 9.69 Å². The van der Waals surface area contributed by atoms with Gasteiger partial charge in [0.25, 0.3) is 0 Å². The molecular formula is C18H22N4O2. The predicted molar refractivity (Wildman–Crippen MR) is 89.6 cm³/mol. The van der Waals surface area contributed by atoms with Crippen LogP contribution in [0.1, 0.15) is 49.9 Å². The quantitative estimate of drug-likeness (QED) is 0.939. The van der Waals surface area contributed by atoms with Gasteiger partial charge in [0.15, 0.2) is 5.82 Å². The van der Waals surface area contributed by atoms with Crippen LogP contribution in [0.15, 0.2) is 28.8 Å². The van der Waals surface area contributed by atoms with E-state index in [2.05, 4.69) is 26.4 Å². The molecule has 0 aliphatic carbocycles. The number of likely N-dealkylation sites (tertiary alicyclic amines) is 1. The van der Waals surface area contributed by atoms with E-state index in [9.17, 15) is 4.79 Å². The number of hydrogen-bond donors (Lipinski definition) is 1. The van der Waals surface area contributed by atoms with Crippen LogP contribution in [0.5, 0.6) is 0 Å². The third-order valence-corrected chi connectivity index (χ3v) is 5.06. The molecular weight excluding hydrogens is 304 g/mol. The van der Waals surface area contributed by atoms with Crippen molar-refractivity contribution >= 4 is 11.6 Å². The Bertz CT molecular complexity index is 770. The maximum absolute atomic E-state index is 12.7. The summed E-state index contributed by atoms with van der Waals surface area (Å²) < 4.78 is 5.37. The molecule has 1 N–H and O–H groups in total. The number of amides is 1. The maximum Gasteiger partial charge on any atom is 0.240 e. The minimum Gasteiger partial charge on any atom is -0.338 e. The average Bonchev–Trinajstić information content (AvgIpc) is 3.13. The van der Waals surface area contributed by atoms with E-state index in [1.165, 1.54) is 0 Å². The van der Waals surface area contributed by atoms with E-state index in [1.807, 2.05) is 32.0 Å². The van der Waals surface area contributed by atoms with Gasteiger partial charge in [0.05, 0.1) is 12.0 Å². The normalized spacial score (nSPS) is 23.7. The second-order valence-electron chi connectivity index (χ2n) is 7.10. The number of aromatic nitrogens is 2. The van der Waals surface area contributed by atoms with Crippen molar-refractivity contribution in [2.45, 2.75) is 44.6 Å². The molecule has 0 radical (unpaired) electrons. The third-order valence-electron chi connectivity index (χ3n) is 5.06. The standard InChI is InChI=1S/C18H22N4O2/c1-12(2)16-20-15(24-21-16)10-22-9-5-8-18(11-22)13-6-3-4-7-14(13)19-17(18)23/h3-4,6-7,12H,5,8-11H2,1-2H3,(H,19,23)/t18-/m1/s1. The van der Waals surface area contributed by atoms with Gasteiger partial charge in [-0.2, -0.15) is 4.98 Å². The number of hydrogen-bond acceptors (Lipinski definition) is 5. The first kappa shape index (κ1) is 15.3. The van der Waals surface area contributed by atoms with Gasteiger partial charge < -0.3 is 9.84 Å². The lowest BCUT2D eigenvalue weighted by Crippen LogP contribution is -2.49. The second kappa shape index (κ2) is 5.70. The molecule has 0 unspecified atom stereocenters. The third kappa shape index (κ3) is 2.41. The fourth-order valence-electron chi connectivity index (χ4n) is 3.82. The second-order valence-corrected chi connectivity index (χ2v) is 7.10. The summed E-state index contributed by atoms with van der Waals surface area (Å²) in [5.41, 5.74) is 1.62. The molecule has 1 saturated heterocycles. The highest BCUT2D eigenvalue weighted by atomic mass is 16.5. The van der Waals surface area contributed by atoms with Gasteiger partial charge in [0.2, 0.25) is 11.8 Å². The first-order valence-corrected chi connectivity index (χ1v) is 8.54. The molecule has 2 aliphatic heterocycles. The van der Waals surface area contributed by atoms with Crippen LogP contribution < -0.4 is 5.32 Å². The zero-order valence-corrected chi connectivity index (χ0v) is 14.1. The number of nitrogens with one attached hydrogen (secondary N) is 1. The molecule has 4 rings (SSSR count). The molecule has 24 heavy (non-hydrogen) atoms. The van der Waals surface area contributed by atoms with Crippen molar-refractivity contribution in [2.24, 2.45) is 0 Å². The van der Waals surface area contributed by atoms with Crippen molar-refractivity contribution < 1.29 is 9.32 Å². The highest BCUT2D eigenvalue weighted by Crippen LogP contribution is 2.43. The minimum atomic E-state index is -0.449. The van der Waals surface area contributed by atoms with E-state index in [4.69, 9.17) is 4.52 Å². The summed E-state index contributed by atoms with van der Waals surface area (Å²) >= 11 is 0. The summed E-state index contributed by atoms with van der Waals surface area (Å²) in [6.45, 7) is 6.32. The number of carbonyl (C=O) groups excluding carboxylic acids is 1. The minimum absolute atomic E-state index is 0.113. The van der Waals surface area contributed by atoms with Gasteiger partial charge >= 0.3 is 0 Å². The van der Waals surface area contributed by atoms with E-state index in [0.29, 0.717) is 19.0 Å². The largest absolute Gasteiger partial charge is 0.338 e. The summed E-state index contributed by atoms with van der Waals surface area (Å²) in [5, 5.41) is 7.07. The van der Waals surface area contributed by atoms with Crippen LogP contribution in [0.2, 0.25) is 0 Å². The predicted octanol–water partition coefficient (Wildman–Crippen LogP) is 2.68. The van der Waals surface area contributed by atoms with E-state index < -0.39 is 5.41 Å². The summed E-state index contributed by atoms with van der Waals surface area (Å²) in [6, 6.07) is 8.02. The van der Waals surface area contributed by atoms with Gasteiger partial charge in [0, 0.05) is 18.2 Å². The molecule has 1 fully saturated rings. The first-order chi connectivity index (χ1) is 11.6. The monoisotopic (exact) mass is 326 g/mol. The molecule has 0 bridgehead atoms. The van der Waals surface area contributed by atoms with Crippen LogP contribution >= 0.6 is 0 Å². The van der Waals surface area contributed by atoms with Crippen LogP contribution in [-0.4, -0.2) is 34.0 Å². The van der Waals surface area contributed by atoms with Crippen LogP contribution in [0, 0.1) is 0 Å². The molecule has 2 aliphatic rings. The Hall–Kier alpha value is -2.21. The van der Waals surface area contributed by atoms with E-state index in [0.717, 1.165) is 36.5 Å².